The maximum Gasteiger partial charge on any atom is 0.407 e. The second kappa shape index (κ2) is 9.92. The van der Waals surface area contributed by atoms with Crippen LogP contribution in [0.5, 0.6) is 0 Å². The molecule has 28 heavy (non-hydrogen) atoms. The molecule has 0 bridgehead atoms. The third kappa shape index (κ3) is 5.84. The zero-order valence-electron chi connectivity index (χ0n) is 16.0. The first-order valence-electron chi connectivity index (χ1n) is 9.18. The number of carboxylic acid groups (broad SMARTS) is 2. The van der Waals surface area contributed by atoms with Gasteiger partial charge < -0.3 is 15.1 Å². The van der Waals surface area contributed by atoms with E-state index in [0.29, 0.717) is 12.0 Å². The van der Waals surface area contributed by atoms with Crippen LogP contribution in [0.15, 0.2) is 48.5 Å². The molecular formula is C21H24BFNO4. The Hall–Kier alpha value is -2.83. The lowest BCUT2D eigenvalue weighted by Gasteiger charge is -2.28. The molecule has 2 aromatic rings. The lowest BCUT2D eigenvalue weighted by atomic mass is 9.73. The Balaban J connectivity index is 2.15. The van der Waals surface area contributed by atoms with E-state index in [1.165, 1.54) is 17.0 Å². The predicted octanol–water partition coefficient (Wildman–Crippen LogP) is 3.89. The molecule has 0 saturated carbocycles. The number of nitrogens with zero attached hydrogens (tertiary/aromatic N) is 1. The third-order valence-electron chi connectivity index (χ3n) is 4.95. The Morgan fingerprint density at radius 3 is 2.11 bits per heavy atom. The first kappa shape index (κ1) is 21.5. The van der Waals surface area contributed by atoms with Gasteiger partial charge in [-0.2, -0.15) is 0 Å². The summed E-state index contributed by atoms with van der Waals surface area (Å²) in [6.07, 6.45) is -0.879. The minimum atomic E-state index is -1.06. The lowest BCUT2D eigenvalue weighted by molar-refractivity contribution is -0.137. The summed E-state index contributed by atoms with van der Waals surface area (Å²) in [5.41, 5.74) is 2.60. The average Bonchev–Trinajstić information content (AvgIpc) is 2.67. The molecule has 1 amide bonds. The first-order chi connectivity index (χ1) is 13.3. The largest absolute Gasteiger partial charge is 0.481 e. The average molecular weight is 384 g/mol. The van der Waals surface area contributed by atoms with Crippen molar-refractivity contribution in [2.24, 2.45) is 0 Å². The Labute approximate surface area is 165 Å². The maximum absolute atomic E-state index is 13.2. The summed E-state index contributed by atoms with van der Waals surface area (Å²) in [5, 5.41) is 18.9. The lowest BCUT2D eigenvalue weighted by Crippen LogP contribution is -2.34. The second-order valence-corrected chi connectivity index (χ2v) is 6.74. The van der Waals surface area contributed by atoms with Gasteiger partial charge in [-0.25, -0.2) is 9.18 Å². The molecule has 2 aromatic carbocycles. The second-order valence-electron chi connectivity index (χ2n) is 6.74. The van der Waals surface area contributed by atoms with Crippen LogP contribution in [0.2, 0.25) is 6.82 Å². The van der Waals surface area contributed by atoms with Crippen molar-refractivity contribution in [3.63, 3.8) is 0 Å². The topological polar surface area (TPSA) is 77.8 Å². The highest BCUT2D eigenvalue weighted by atomic mass is 19.1. The first-order valence-corrected chi connectivity index (χ1v) is 9.18. The van der Waals surface area contributed by atoms with Crippen LogP contribution in [-0.4, -0.2) is 41.0 Å². The van der Waals surface area contributed by atoms with E-state index in [1.807, 2.05) is 45.3 Å². The molecule has 0 unspecified atom stereocenters. The fourth-order valence-corrected chi connectivity index (χ4v) is 3.23. The van der Waals surface area contributed by atoms with Crippen LogP contribution in [-0.2, 0) is 4.79 Å². The SMILES string of the molecule is C[B]c1ccc([C@H](C)N(CC[C@H](CC(=O)O)c2ccc(F)cc2)C(=O)O)cc1. The molecule has 7 heteroatoms. The highest BCUT2D eigenvalue weighted by Crippen LogP contribution is 2.27. The number of rotatable bonds is 9. The molecule has 0 aliphatic rings. The number of amides is 1. The van der Waals surface area contributed by atoms with Crippen molar-refractivity contribution < 1.29 is 24.2 Å². The van der Waals surface area contributed by atoms with Crippen molar-refractivity contribution in [2.75, 3.05) is 6.54 Å². The van der Waals surface area contributed by atoms with E-state index >= 15 is 0 Å². The van der Waals surface area contributed by atoms with Gasteiger partial charge in [0.25, 0.3) is 0 Å². The number of aliphatic carboxylic acids is 1. The van der Waals surface area contributed by atoms with E-state index in [2.05, 4.69) is 0 Å². The van der Waals surface area contributed by atoms with E-state index < -0.39 is 23.8 Å². The molecular weight excluding hydrogens is 360 g/mol. The van der Waals surface area contributed by atoms with Crippen molar-refractivity contribution in [3.05, 3.63) is 65.5 Å². The van der Waals surface area contributed by atoms with E-state index in [0.717, 1.165) is 11.0 Å². The molecule has 0 heterocycles. The van der Waals surface area contributed by atoms with Crippen molar-refractivity contribution >= 4 is 24.8 Å². The standard InChI is InChI=1S/C21H24BFNO4/c1-14(15-3-7-18(22-2)8-4-15)24(21(27)28)12-11-17(13-20(25)26)16-5-9-19(23)10-6-16/h3-10,14,17H,11-13H2,1-2H3,(H,25,26)(H,27,28)/t14-,17+/m0/s1. The van der Waals surface area contributed by atoms with Gasteiger partial charge in [0.1, 0.15) is 13.1 Å². The third-order valence-corrected chi connectivity index (χ3v) is 4.95. The molecule has 0 aliphatic heterocycles. The molecule has 0 saturated heterocycles. The number of benzene rings is 2. The van der Waals surface area contributed by atoms with Crippen molar-refractivity contribution in [1.82, 2.24) is 4.90 Å². The highest BCUT2D eigenvalue weighted by Gasteiger charge is 2.24. The van der Waals surface area contributed by atoms with Gasteiger partial charge >= 0.3 is 12.1 Å². The summed E-state index contributed by atoms with van der Waals surface area (Å²) in [4.78, 5) is 24.4. The Morgan fingerprint density at radius 2 is 1.61 bits per heavy atom. The van der Waals surface area contributed by atoms with Gasteiger partial charge in [-0.3, -0.25) is 4.79 Å². The predicted molar refractivity (Wildman–Crippen MR) is 107 cm³/mol. The Morgan fingerprint density at radius 1 is 1.04 bits per heavy atom. The summed E-state index contributed by atoms with van der Waals surface area (Å²) >= 11 is 0. The van der Waals surface area contributed by atoms with Crippen LogP contribution >= 0.6 is 0 Å². The van der Waals surface area contributed by atoms with E-state index in [4.69, 9.17) is 0 Å². The Kier molecular flexibility index (Phi) is 7.61. The number of hydrogen-bond donors (Lipinski definition) is 2. The van der Waals surface area contributed by atoms with Crippen LogP contribution in [0.3, 0.4) is 0 Å². The van der Waals surface area contributed by atoms with Gasteiger partial charge in [0, 0.05) is 6.54 Å². The van der Waals surface area contributed by atoms with Gasteiger partial charge in [-0.05, 0) is 42.5 Å². The fraction of sp³-hybridized carbons (Fsp3) is 0.333. The van der Waals surface area contributed by atoms with Gasteiger partial charge in [0.05, 0.1) is 12.5 Å². The van der Waals surface area contributed by atoms with Crippen LogP contribution < -0.4 is 5.46 Å². The summed E-state index contributed by atoms with van der Waals surface area (Å²) < 4.78 is 13.2. The molecule has 0 spiro atoms. The van der Waals surface area contributed by atoms with Gasteiger partial charge in [0.2, 0.25) is 0 Å². The van der Waals surface area contributed by atoms with E-state index in [-0.39, 0.29) is 19.0 Å². The van der Waals surface area contributed by atoms with Gasteiger partial charge in [0.15, 0.2) is 0 Å². The summed E-state index contributed by atoms with van der Waals surface area (Å²) in [5.74, 6) is -1.77. The minimum absolute atomic E-state index is 0.144. The molecule has 5 nitrogen and oxygen atoms in total. The number of halogens is 1. The molecule has 2 N–H and O–H groups in total. The van der Waals surface area contributed by atoms with Crippen LogP contribution in [0.25, 0.3) is 0 Å². The van der Waals surface area contributed by atoms with E-state index in [1.54, 1.807) is 12.1 Å². The molecule has 147 valence electrons. The summed E-state index contributed by atoms with van der Waals surface area (Å²) in [7, 11) is 1.96. The summed E-state index contributed by atoms with van der Waals surface area (Å²) in [6, 6.07) is 12.9. The number of hydrogen-bond acceptors (Lipinski definition) is 2. The Bertz CT molecular complexity index is 795. The summed E-state index contributed by atoms with van der Waals surface area (Å²) in [6.45, 7) is 3.91. The molecule has 0 aromatic heterocycles. The maximum atomic E-state index is 13.2. The zero-order valence-corrected chi connectivity index (χ0v) is 16.0. The smallest absolute Gasteiger partial charge is 0.407 e. The minimum Gasteiger partial charge on any atom is -0.481 e. The molecule has 2 atom stereocenters. The molecule has 1 radical (unpaired) electrons. The van der Waals surface area contributed by atoms with Gasteiger partial charge in [-0.1, -0.05) is 48.7 Å². The van der Waals surface area contributed by atoms with Crippen LogP contribution in [0.1, 0.15) is 42.9 Å². The molecule has 0 fully saturated rings. The molecule has 0 aliphatic carbocycles. The monoisotopic (exact) mass is 384 g/mol. The highest BCUT2D eigenvalue weighted by molar-refractivity contribution is 6.51. The normalized spacial score (nSPS) is 12.8. The van der Waals surface area contributed by atoms with Crippen LogP contribution in [0, 0.1) is 5.82 Å². The molecule has 2 rings (SSSR count). The van der Waals surface area contributed by atoms with Crippen LogP contribution in [0.4, 0.5) is 9.18 Å². The zero-order chi connectivity index (χ0) is 20.7. The quantitative estimate of drug-likeness (QED) is 0.643. The number of carboxylic acids is 1. The van der Waals surface area contributed by atoms with Crippen molar-refractivity contribution in [2.45, 2.75) is 38.5 Å². The van der Waals surface area contributed by atoms with E-state index in [9.17, 15) is 24.2 Å². The van der Waals surface area contributed by atoms with Crippen molar-refractivity contribution in [1.29, 1.82) is 0 Å². The number of carbonyl (C=O) groups is 2. The fourth-order valence-electron chi connectivity index (χ4n) is 3.23. The van der Waals surface area contributed by atoms with Gasteiger partial charge in [-0.15, -0.1) is 0 Å². The van der Waals surface area contributed by atoms with Crippen molar-refractivity contribution in [3.8, 4) is 0 Å².